The molecule has 1 aromatic carbocycles. The van der Waals surface area contributed by atoms with Crippen LogP contribution in [0.15, 0.2) is 47.1 Å². The van der Waals surface area contributed by atoms with Gasteiger partial charge in [-0.15, -0.1) is 0 Å². The lowest BCUT2D eigenvalue weighted by atomic mass is 9.72. The summed E-state index contributed by atoms with van der Waals surface area (Å²) in [5.74, 6) is -1.18. The topological polar surface area (TPSA) is 60.2 Å². The van der Waals surface area contributed by atoms with Gasteiger partial charge >= 0.3 is 0 Å². The van der Waals surface area contributed by atoms with Gasteiger partial charge in [-0.2, -0.15) is 0 Å². The molecule has 18 heavy (non-hydrogen) atoms. The molecule has 0 aromatic heterocycles. The number of ketones is 2. The normalized spacial score (nSPS) is 26.1. The Morgan fingerprint density at radius 1 is 0.944 bits per heavy atom. The maximum Gasteiger partial charge on any atom is 0.171 e. The molecule has 90 valence electrons. The molecule has 0 fully saturated rings. The molecule has 1 aromatic rings. The van der Waals surface area contributed by atoms with E-state index in [0.717, 1.165) is 0 Å². The molecule has 0 aliphatic heterocycles. The van der Waals surface area contributed by atoms with Crippen molar-refractivity contribution >= 4 is 23.2 Å². The van der Waals surface area contributed by atoms with E-state index in [4.69, 9.17) is 17.3 Å². The van der Waals surface area contributed by atoms with Crippen LogP contribution in [-0.2, 0) is 0 Å². The molecular weight excluding hydrogens is 250 g/mol. The highest BCUT2D eigenvalue weighted by molar-refractivity contribution is 6.32. The summed E-state index contributed by atoms with van der Waals surface area (Å²) in [6, 6.07) is 6.86. The zero-order valence-corrected chi connectivity index (χ0v) is 10.1. The number of halogens is 1. The van der Waals surface area contributed by atoms with Gasteiger partial charge in [0.15, 0.2) is 11.6 Å². The maximum absolute atomic E-state index is 12.3. The lowest BCUT2D eigenvalue weighted by Crippen LogP contribution is -2.36. The number of hydrogen-bond donors (Lipinski definition) is 1. The molecule has 4 heteroatoms. The monoisotopic (exact) mass is 259 g/mol. The Kier molecular flexibility index (Phi) is 2.38. The molecule has 0 amide bonds. The first-order chi connectivity index (χ1) is 8.59. The van der Waals surface area contributed by atoms with E-state index in [2.05, 4.69) is 0 Å². The summed E-state index contributed by atoms with van der Waals surface area (Å²) in [5.41, 5.74) is 7.01. The Morgan fingerprint density at radius 2 is 1.44 bits per heavy atom. The number of carbonyl (C=O) groups excluding carboxylic acids is 2. The van der Waals surface area contributed by atoms with Crippen LogP contribution in [0.2, 0.25) is 0 Å². The van der Waals surface area contributed by atoms with Crippen molar-refractivity contribution in [2.75, 3.05) is 0 Å². The minimum absolute atomic E-state index is 0.0708. The van der Waals surface area contributed by atoms with E-state index in [1.165, 1.54) is 0 Å². The van der Waals surface area contributed by atoms with Gasteiger partial charge in [0.05, 0.1) is 16.9 Å². The average molecular weight is 260 g/mol. The zero-order valence-electron chi connectivity index (χ0n) is 9.39. The van der Waals surface area contributed by atoms with Crippen molar-refractivity contribution in [3.63, 3.8) is 0 Å². The highest BCUT2D eigenvalue weighted by atomic mass is 35.5. The SMILES string of the molecule is NC1=C[C@@H]2C(=O)c3ccccc3C(=O)[C@H]2C=C1Cl. The summed E-state index contributed by atoms with van der Waals surface area (Å²) in [5, 5.41) is 0.344. The molecule has 2 aliphatic carbocycles. The van der Waals surface area contributed by atoms with E-state index in [1.54, 1.807) is 36.4 Å². The maximum atomic E-state index is 12.3. The number of nitrogens with two attached hydrogens (primary N) is 1. The van der Waals surface area contributed by atoms with E-state index >= 15 is 0 Å². The van der Waals surface area contributed by atoms with Crippen molar-refractivity contribution in [3.8, 4) is 0 Å². The van der Waals surface area contributed by atoms with Gasteiger partial charge in [-0.05, 0) is 6.08 Å². The van der Waals surface area contributed by atoms with Gasteiger partial charge in [-0.1, -0.05) is 41.9 Å². The first-order valence-corrected chi connectivity index (χ1v) is 6.00. The molecule has 0 radical (unpaired) electrons. The Morgan fingerprint density at radius 3 is 2.00 bits per heavy atom. The molecule has 3 nitrogen and oxygen atoms in total. The van der Waals surface area contributed by atoms with Crippen LogP contribution in [0, 0.1) is 11.8 Å². The van der Waals surface area contributed by atoms with Crippen LogP contribution in [0.5, 0.6) is 0 Å². The second-order valence-electron chi connectivity index (χ2n) is 4.46. The quantitative estimate of drug-likeness (QED) is 0.778. The Hall–Kier alpha value is -1.87. The van der Waals surface area contributed by atoms with Crippen molar-refractivity contribution in [1.29, 1.82) is 0 Å². The van der Waals surface area contributed by atoms with Crippen LogP contribution < -0.4 is 5.73 Å². The van der Waals surface area contributed by atoms with Crippen molar-refractivity contribution in [3.05, 3.63) is 58.3 Å². The van der Waals surface area contributed by atoms with E-state index in [0.29, 0.717) is 21.9 Å². The molecule has 2 aliphatic rings. The number of carbonyl (C=O) groups is 2. The fraction of sp³-hybridized carbons (Fsp3) is 0.143. The zero-order chi connectivity index (χ0) is 12.9. The Labute approximate surface area is 109 Å². The largest absolute Gasteiger partial charge is 0.398 e. The molecule has 2 N–H and O–H groups in total. The lowest BCUT2D eigenvalue weighted by Gasteiger charge is -2.29. The second kappa shape index (κ2) is 3.82. The van der Waals surface area contributed by atoms with Gasteiger partial charge in [-0.25, -0.2) is 0 Å². The molecule has 0 unspecified atom stereocenters. The van der Waals surface area contributed by atoms with E-state index < -0.39 is 11.8 Å². The molecule has 0 saturated heterocycles. The van der Waals surface area contributed by atoms with Crippen LogP contribution >= 0.6 is 11.6 Å². The first kappa shape index (κ1) is 11.2. The van der Waals surface area contributed by atoms with Gasteiger partial charge in [0.1, 0.15) is 0 Å². The minimum atomic E-state index is -0.521. The third-order valence-corrected chi connectivity index (χ3v) is 3.76. The van der Waals surface area contributed by atoms with Crippen LogP contribution in [0.25, 0.3) is 0 Å². The smallest absolute Gasteiger partial charge is 0.171 e. The summed E-state index contributed by atoms with van der Waals surface area (Å²) in [4.78, 5) is 24.6. The van der Waals surface area contributed by atoms with Gasteiger partial charge in [0.25, 0.3) is 0 Å². The second-order valence-corrected chi connectivity index (χ2v) is 4.87. The Bertz CT molecular complexity index is 575. The average Bonchev–Trinajstić information content (AvgIpc) is 2.38. The molecule has 0 heterocycles. The summed E-state index contributed by atoms with van der Waals surface area (Å²) < 4.78 is 0. The molecule has 3 rings (SSSR count). The number of hydrogen-bond acceptors (Lipinski definition) is 3. The van der Waals surface area contributed by atoms with E-state index in [1.807, 2.05) is 0 Å². The van der Waals surface area contributed by atoms with Crippen LogP contribution in [-0.4, -0.2) is 11.6 Å². The number of fused-ring (bicyclic) bond motifs is 2. The van der Waals surface area contributed by atoms with Crippen molar-refractivity contribution < 1.29 is 9.59 Å². The summed E-state index contributed by atoms with van der Waals surface area (Å²) in [6.07, 6.45) is 3.17. The lowest BCUT2D eigenvalue weighted by molar-refractivity contribution is 0.0800. The summed E-state index contributed by atoms with van der Waals surface area (Å²) >= 11 is 5.93. The summed E-state index contributed by atoms with van der Waals surface area (Å²) in [7, 11) is 0. The molecule has 0 saturated carbocycles. The van der Waals surface area contributed by atoms with Gasteiger partial charge in [0, 0.05) is 16.8 Å². The van der Waals surface area contributed by atoms with Gasteiger partial charge < -0.3 is 5.73 Å². The van der Waals surface area contributed by atoms with E-state index in [9.17, 15) is 9.59 Å². The standard InChI is InChI=1S/C14H10ClNO2/c15-11-5-9-10(6-12(11)16)14(18)8-4-2-1-3-7(8)13(9)17/h1-6,9-10H,16H2/t9-,10-/m0/s1. The number of rotatable bonds is 0. The molecule has 0 bridgehead atoms. The fourth-order valence-corrected chi connectivity index (χ4v) is 2.68. The third kappa shape index (κ3) is 1.44. The first-order valence-electron chi connectivity index (χ1n) is 5.62. The number of benzene rings is 1. The van der Waals surface area contributed by atoms with Crippen molar-refractivity contribution in [2.24, 2.45) is 17.6 Å². The minimum Gasteiger partial charge on any atom is -0.398 e. The van der Waals surface area contributed by atoms with Gasteiger partial charge in [0.2, 0.25) is 0 Å². The van der Waals surface area contributed by atoms with E-state index in [-0.39, 0.29) is 11.6 Å². The van der Waals surface area contributed by atoms with Crippen molar-refractivity contribution in [2.45, 2.75) is 0 Å². The van der Waals surface area contributed by atoms with Crippen LogP contribution in [0.3, 0.4) is 0 Å². The summed E-state index contributed by atoms with van der Waals surface area (Å²) in [6.45, 7) is 0. The Balaban J connectivity index is 2.19. The highest BCUT2D eigenvalue weighted by Crippen LogP contribution is 2.37. The predicted octanol–water partition coefficient (Wildman–Crippen LogP) is 2.28. The number of allylic oxidation sites excluding steroid dienone is 3. The highest BCUT2D eigenvalue weighted by Gasteiger charge is 2.40. The van der Waals surface area contributed by atoms with Crippen LogP contribution in [0.1, 0.15) is 20.7 Å². The number of Topliss-reactive ketones (excluding diaryl/α,β-unsaturated/α-hetero) is 2. The molecule has 0 spiro atoms. The van der Waals surface area contributed by atoms with Crippen LogP contribution in [0.4, 0.5) is 0 Å². The fourth-order valence-electron chi connectivity index (χ4n) is 2.48. The third-order valence-electron chi connectivity index (χ3n) is 3.41. The van der Waals surface area contributed by atoms with Gasteiger partial charge in [-0.3, -0.25) is 9.59 Å². The predicted molar refractivity (Wildman–Crippen MR) is 68.3 cm³/mol. The molecular formula is C14H10ClNO2. The molecule has 2 atom stereocenters. The van der Waals surface area contributed by atoms with Crippen molar-refractivity contribution in [1.82, 2.24) is 0 Å².